The molecule has 10 atom stereocenters. The van der Waals surface area contributed by atoms with Crippen molar-refractivity contribution in [2.24, 2.45) is 0 Å². The molecule has 0 bridgehead atoms. The van der Waals surface area contributed by atoms with Crippen LogP contribution < -0.4 is 10.6 Å². The number of rotatable bonds is 14. The van der Waals surface area contributed by atoms with Gasteiger partial charge in [-0.3, -0.25) is 0 Å². The molecular formula is C25H46N2O15. The zero-order chi connectivity index (χ0) is 31.7. The number of methoxy groups -OCH3 is 5. The van der Waals surface area contributed by atoms with Crippen molar-refractivity contribution in [1.29, 1.82) is 0 Å². The predicted molar refractivity (Wildman–Crippen MR) is 142 cm³/mol. The molecule has 0 aromatic carbocycles. The summed E-state index contributed by atoms with van der Waals surface area (Å²) in [6.07, 6.45) is -10.4. The van der Waals surface area contributed by atoms with E-state index in [0.29, 0.717) is 19.6 Å². The van der Waals surface area contributed by atoms with Gasteiger partial charge in [-0.25, -0.2) is 9.59 Å². The van der Waals surface area contributed by atoms with Gasteiger partial charge < -0.3 is 73.7 Å². The SMILES string of the molecule is C=CCNC(=O)OC1C(COC)OC(OC)C(O)C1O.COCCCNC(=O)OC1C(COC)OC(OC)C(O)C1O. The fraction of sp³-hybridized carbons (Fsp3) is 0.840. The highest BCUT2D eigenvalue weighted by Crippen LogP contribution is 2.25. The van der Waals surface area contributed by atoms with Crippen molar-refractivity contribution in [3.05, 3.63) is 12.7 Å². The van der Waals surface area contributed by atoms with Gasteiger partial charge in [-0.2, -0.15) is 0 Å². The van der Waals surface area contributed by atoms with Crippen LogP contribution in [0.25, 0.3) is 0 Å². The van der Waals surface area contributed by atoms with E-state index in [9.17, 15) is 30.0 Å². The smallest absolute Gasteiger partial charge is 0.407 e. The number of carbonyl (C=O) groups excluding carboxylic acids is 2. The number of amides is 2. The highest BCUT2D eigenvalue weighted by Gasteiger charge is 2.48. The largest absolute Gasteiger partial charge is 0.440 e. The summed E-state index contributed by atoms with van der Waals surface area (Å²) in [5.74, 6) is 0. The van der Waals surface area contributed by atoms with Crippen LogP contribution in [0.5, 0.6) is 0 Å². The van der Waals surface area contributed by atoms with E-state index in [1.807, 2.05) is 0 Å². The van der Waals surface area contributed by atoms with Crippen molar-refractivity contribution in [2.75, 3.05) is 68.5 Å². The van der Waals surface area contributed by atoms with Crippen LogP contribution in [0, 0.1) is 0 Å². The first-order valence-electron chi connectivity index (χ1n) is 13.1. The Balaban J connectivity index is 0.000000422. The molecule has 2 amide bonds. The molecule has 0 spiro atoms. The molecule has 2 fully saturated rings. The molecule has 0 aliphatic carbocycles. The monoisotopic (exact) mass is 614 g/mol. The van der Waals surface area contributed by atoms with Gasteiger partial charge in [0.2, 0.25) is 0 Å². The third kappa shape index (κ3) is 11.8. The molecule has 17 nitrogen and oxygen atoms in total. The Morgan fingerprint density at radius 3 is 1.57 bits per heavy atom. The Bertz CT molecular complexity index is 778. The van der Waals surface area contributed by atoms with Crippen molar-refractivity contribution < 1.29 is 72.6 Å². The van der Waals surface area contributed by atoms with Crippen LogP contribution in [0.4, 0.5) is 9.59 Å². The highest BCUT2D eigenvalue weighted by atomic mass is 16.7. The minimum absolute atomic E-state index is 0.0725. The summed E-state index contributed by atoms with van der Waals surface area (Å²) in [7, 11) is 7.13. The maximum Gasteiger partial charge on any atom is 0.407 e. The number of alkyl carbamates (subject to hydrolysis) is 2. The van der Waals surface area contributed by atoms with Crippen LogP contribution >= 0.6 is 0 Å². The van der Waals surface area contributed by atoms with Gasteiger partial charge in [0, 0.05) is 55.2 Å². The molecule has 0 saturated carbocycles. The summed E-state index contributed by atoms with van der Waals surface area (Å²) >= 11 is 0. The summed E-state index contributed by atoms with van der Waals surface area (Å²) in [6.45, 7) is 4.70. The maximum absolute atomic E-state index is 11.7. The zero-order valence-corrected chi connectivity index (χ0v) is 24.6. The van der Waals surface area contributed by atoms with Crippen LogP contribution in [0.1, 0.15) is 6.42 Å². The second-order valence-corrected chi connectivity index (χ2v) is 9.11. The van der Waals surface area contributed by atoms with E-state index in [4.69, 9.17) is 42.6 Å². The zero-order valence-electron chi connectivity index (χ0n) is 24.6. The molecular weight excluding hydrogens is 568 g/mol. The Morgan fingerprint density at radius 2 is 1.19 bits per heavy atom. The van der Waals surface area contributed by atoms with Crippen molar-refractivity contribution in [3.63, 3.8) is 0 Å². The first kappa shape index (κ1) is 37.9. The van der Waals surface area contributed by atoms with E-state index < -0.39 is 73.6 Å². The van der Waals surface area contributed by atoms with Gasteiger partial charge in [0.25, 0.3) is 0 Å². The summed E-state index contributed by atoms with van der Waals surface area (Å²) < 4.78 is 45.7. The molecule has 2 heterocycles. The molecule has 10 unspecified atom stereocenters. The van der Waals surface area contributed by atoms with Gasteiger partial charge in [0.05, 0.1) is 13.2 Å². The van der Waals surface area contributed by atoms with Crippen molar-refractivity contribution in [1.82, 2.24) is 10.6 Å². The van der Waals surface area contributed by atoms with Gasteiger partial charge in [-0.05, 0) is 6.42 Å². The van der Waals surface area contributed by atoms with Crippen LogP contribution in [0.3, 0.4) is 0 Å². The van der Waals surface area contributed by atoms with Crippen molar-refractivity contribution in [3.8, 4) is 0 Å². The molecule has 0 radical (unpaired) electrons. The average molecular weight is 615 g/mol. The summed E-state index contributed by atoms with van der Waals surface area (Å²) in [5, 5.41) is 44.8. The lowest BCUT2D eigenvalue weighted by molar-refractivity contribution is -0.294. The Hall–Kier alpha value is -2.16. The Kier molecular flexibility index (Phi) is 18.7. The van der Waals surface area contributed by atoms with Gasteiger partial charge >= 0.3 is 12.2 Å². The lowest BCUT2D eigenvalue weighted by Gasteiger charge is -2.41. The molecule has 42 heavy (non-hydrogen) atoms. The standard InChI is InChI=1S/C13H25NO8.C12H21NO7/c1-18-6-4-5-14-13(17)22-11-8(7-19-2)21-12(20-3)10(16)9(11)15;1-4-5-13-12(16)20-10-7(6-17-2)19-11(18-3)9(15)8(10)14/h8-12,15-16H,4-7H2,1-3H3,(H,14,17);4,7-11,14-15H,1,5-6H2,2-3H3,(H,13,16). The Labute approximate surface area is 244 Å². The van der Waals surface area contributed by atoms with Gasteiger partial charge in [0.15, 0.2) is 24.8 Å². The van der Waals surface area contributed by atoms with Crippen molar-refractivity contribution >= 4 is 12.2 Å². The van der Waals surface area contributed by atoms with Crippen LogP contribution in [0.15, 0.2) is 12.7 Å². The summed E-state index contributed by atoms with van der Waals surface area (Å²) in [4.78, 5) is 23.3. The van der Waals surface area contributed by atoms with E-state index in [0.717, 1.165) is 0 Å². The third-order valence-corrected chi connectivity index (χ3v) is 6.08. The number of aliphatic hydroxyl groups is 4. The normalized spacial score (nSPS) is 32.6. The lowest BCUT2D eigenvalue weighted by Crippen LogP contribution is -2.60. The van der Waals surface area contributed by atoms with Gasteiger partial charge in [-0.1, -0.05) is 6.08 Å². The fourth-order valence-electron chi connectivity index (χ4n) is 3.98. The number of nitrogens with one attached hydrogen (secondary N) is 2. The predicted octanol–water partition coefficient (Wildman–Crippen LogP) is -2.14. The molecule has 2 saturated heterocycles. The number of hydrogen-bond donors (Lipinski definition) is 6. The number of hydrogen-bond acceptors (Lipinski definition) is 15. The fourth-order valence-corrected chi connectivity index (χ4v) is 3.98. The first-order valence-corrected chi connectivity index (χ1v) is 13.1. The third-order valence-electron chi connectivity index (χ3n) is 6.08. The van der Waals surface area contributed by atoms with E-state index in [1.165, 1.54) is 34.5 Å². The Morgan fingerprint density at radius 1 is 0.738 bits per heavy atom. The quantitative estimate of drug-likeness (QED) is 0.0908. The molecule has 0 aromatic rings. The minimum atomic E-state index is -1.34. The average Bonchev–Trinajstić information content (AvgIpc) is 2.98. The second-order valence-electron chi connectivity index (χ2n) is 9.11. The second kappa shape index (κ2) is 20.7. The number of aliphatic hydroxyl groups excluding tert-OH is 4. The number of carbonyl (C=O) groups is 2. The maximum atomic E-state index is 11.7. The number of ether oxygens (including phenoxy) is 9. The van der Waals surface area contributed by atoms with Crippen LogP contribution in [-0.4, -0.2) is 162 Å². The van der Waals surface area contributed by atoms with E-state index in [-0.39, 0.29) is 19.8 Å². The topological polar surface area (TPSA) is 222 Å². The minimum Gasteiger partial charge on any atom is -0.440 e. The van der Waals surface area contributed by atoms with Gasteiger partial charge in [0.1, 0.15) is 36.6 Å². The summed E-state index contributed by atoms with van der Waals surface area (Å²) in [5.41, 5.74) is 0. The highest BCUT2D eigenvalue weighted by molar-refractivity contribution is 5.68. The molecule has 2 aliphatic rings. The van der Waals surface area contributed by atoms with Crippen molar-refractivity contribution in [2.45, 2.75) is 67.8 Å². The van der Waals surface area contributed by atoms with E-state index in [1.54, 1.807) is 7.11 Å². The van der Waals surface area contributed by atoms with E-state index in [2.05, 4.69) is 17.2 Å². The molecule has 0 aromatic heterocycles. The van der Waals surface area contributed by atoms with Gasteiger partial charge in [-0.15, -0.1) is 6.58 Å². The summed E-state index contributed by atoms with van der Waals surface area (Å²) in [6, 6.07) is 0. The van der Waals surface area contributed by atoms with E-state index >= 15 is 0 Å². The van der Waals surface area contributed by atoms with Crippen LogP contribution in [0.2, 0.25) is 0 Å². The molecule has 2 aliphatic heterocycles. The van der Waals surface area contributed by atoms with Crippen LogP contribution in [-0.2, 0) is 42.6 Å². The first-order chi connectivity index (χ1) is 20.1. The molecule has 246 valence electrons. The molecule has 6 N–H and O–H groups in total. The molecule has 2 rings (SSSR count). The lowest BCUT2D eigenvalue weighted by atomic mass is 9.99. The molecule has 17 heteroatoms.